The monoisotopic (exact) mass is 334 g/mol. The Morgan fingerprint density at radius 3 is 1.88 bits per heavy atom. The zero-order valence-corrected chi connectivity index (χ0v) is 14.7. The predicted octanol–water partition coefficient (Wildman–Crippen LogP) is 3.19. The van der Waals surface area contributed by atoms with Gasteiger partial charge in [0.2, 0.25) is 0 Å². The first kappa shape index (κ1) is 18.8. The number of carbonyl (C=O) groups is 1. The number of aldehydes is 1. The molecule has 0 N–H and O–H groups in total. The predicted molar refractivity (Wildman–Crippen MR) is 91.3 cm³/mol. The number of rotatable bonds is 3. The number of ether oxygens (including phenoxy) is 4. The summed E-state index contributed by atoms with van der Waals surface area (Å²) in [5.41, 5.74) is 1.19. The molecule has 0 aliphatic carbocycles. The summed E-state index contributed by atoms with van der Waals surface area (Å²) >= 11 is 0. The van der Waals surface area contributed by atoms with Gasteiger partial charge in [-0.05, 0) is 33.3 Å². The molecule has 2 aliphatic heterocycles. The lowest BCUT2D eigenvalue weighted by atomic mass is 10.2. The van der Waals surface area contributed by atoms with Crippen molar-refractivity contribution < 1.29 is 23.7 Å². The topological polar surface area (TPSA) is 54.0 Å². The molecule has 3 rings (SSSR count). The summed E-state index contributed by atoms with van der Waals surface area (Å²) in [6, 6.07) is 10.2. The molecule has 2 aliphatic rings. The molecule has 0 radical (unpaired) electrons. The highest BCUT2D eigenvalue weighted by molar-refractivity contribution is 5.56. The van der Waals surface area contributed by atoms with Crippen molar-refractivity contribution in [2.75, 3.05) is 13.2 Å². The smallest absolute Gasteiger partial charge is 0.163 e. The molecule has 0 bridgehead atoms. The van der Waals surface area contributed by atoms with E-state index in [-0.39, 0.29) is 12.2 Å². The average Bonchev–Trinajstić information content (AvgIpc) is 3.08. The lowest BCUT2D eigenvalue weighted by Gasteiger charge is -2.15. The van der Waals surface area contributed by atoms with Crippen molar-refractivity contribution in [2.24, 2.45) is 0 Å². The minimum Gasteiger partial charge on any atom is -0.347 e. The number of carbonyl (C=O) groups excluding carboxylic acids is 1. The van der Waals surface area contributed by atoms with Crippen LogP contribution in [0.4, 0.5) is 0 Å². The van der Waals surface area contributed by atoms with Gasteiger partial charge in [-0.15, -0.1) is 0 Å². The highest BCUT2D eigenvalue weighted by atomic mass is 16.7. The third-order valence-corrected chi connectivity index (χ3v) is 3.52. The third-order valence-electron chi connectivity index (χ3n) is 3.52. The summed E-state index contributed by atoms with van der Waals surface area (Å²) < 4.78 is 21.3. The third kappa shape index (κ3) is 6.17. The molecule has 5 heteroatoms. The van der Waals surface area contributed by atoms with Gasteiger partial charge in [0, 0.05) is 0 Å². The zero-order chi connectivity index (χ0) is 17.6. The van der Waals surface area contributed by atoms with Crippen molar-refractivity contribution in [3.63, 3.8) is 0 Å². The first-order valence-corrected chi connectivity index (χ1v) is 8.12. The maximum absolute atomic E-state index is 10.1. The number of benzene rings is 1. The Hall–Kier alpha value is -1.53. The minimum atomic E-state index is -0.564. The van der Waals surface area contributed by atoms with Crippen LogP contribution in [0.2, 0.25) is 0 Å². The largest absolute Gasteiger partial charge is 0.347 e. The highest BCUT2D eigenvalue weighted by Gasteiger charge is 2.32. The van der Waals surface area contributed by atoms with Crippen LogP contribution in [-0.2, 0) is 23.7 Å². The fourth-order valence-corrected chi connectivity index (χ4v) is 2.38. The Morgan fingerprint density at radius 1 is 0.917 bits per heavy atom. The van der Waals surface area contributed by atoms with Crippen LogP contribution >= 0.6 is 0 Å². The molecule has 2 atom stereocenters. The van der Waals surface area contributed by atoms with Crippen LogP contribution in [-0.4, -0.2) is 43.3 Å². The highest BCUT2D eigenvalue weighted by Crippen LogP contribution is 2.23. The van der Waals surface area contributed by atoms with Crippen molar-refractivity contribution in [3.05, 3.63) is 42.0 Å². The summed E-state index contributed by atoms with van der Waals surface area (Å²) in [5, 5.41) is 0. The first-order valence-electron chi connectivity index (χ1n) is 8.12. The van der Waals surface area contributed by atoms with Gasteiger partial charge in [-0.3, -0.25) is 0 Å². The van der Waals surface area contributed by atoms with Crippen molar-refractivity contribution in [2.45, 2.75) is 51.5 Å². The molecule has 0 saturated carbocycles. The van der Waals surface area contributed by atoms with Crippen LogP contribution in [0.3, 0.4) is 0 Å². The molecule has 1 aromatic rings. The van der Waals surface area contributed by atoms with E-state index in [9.17, 15) is 4.79 Å². The summed E-state index contributed by atoms with van der Waals surface area (Å²) in [4.78, 5) is 10.1. The van der Waals surface area contributed by atoms with Crippen LogP contribution < -0.4 is 0 Å². The van der Waals surface area contributed by atoms with E-state index in [1.807, 2.05) is 38.1 Å². The molecule has 0 amide bonds. The summed E-state index contributed by atoms with van der Waals surface area (Å²) in [5.74, 6) is -1.00. The van der Waals surface area contributed by atoms with E-state index >= 15 is 0 Å². The van der Waals surface area contributed by atoms with Crippen LogP contribution in [0.25, 0.3) is 6.08 Å². The minimum absolute atomic E-state index is 0.0696. The Labute approximate surface area is 143 Å². The van der Waals surface area contributed by atoms with E-state index in [2.05, 4.69) is 18.2 Å². The molecule has 132 valence electrons. The second kappa shape index (κ2) is 8.03. The van der Waals surface area contributed by atoms with Crippen LogP contribution in [0, 0.1) is 0 Å². The van der Waals surface area contributed by atoms with E-state index < -0.39 is 11.6 Å². The SMILES string of the molecule is CC1(C)OC[C@H](C=Cc2ccccc2)O1.CC1(C)OC[C@H](C=O)O1. The molecule has 2 saturated heterocycles. The number of hydrogen-bond donors (Lipinski definition) is 0. The van der Waals surface area contributed by atoms with Crippen LogP contribution in [0.1, 0.15) is 33.3 Å². The van der Waals surface area contributed by atoms with Gasteiger partial charge in [0.25, 0.3) is 0 Å². The maximum Gasteiger partial charge on any atom is 0.163 e. The molecular weight excluding hydrogens is 308 g/mol. The summed E-state index contributed by atoms with van der Waals surface area (Å²) in [6.07, 6.45) is 4.58. The lowest BCUT2D eigenvalue weighted by Crippen LogP contribution is -2.21. The van der Waals surface area contributed by atoms with Crippen molar-refractivity contribution in [1.82, 2.24) is 0 Å². The van der Waals surface area contributed by atoms with E-state index in [0.717, 1.165) is 6.29 Å². The quantitative estimate of drug-likeness (QED) is 0.795. The number of hydrogen-bond acceptors (Lipinski definition) is 5. The molecule has 0 unspecified atom stereocenters. The molecule has 24 heavy (non-hydrogen) atoms. The van der Waals surface area contributed by atoms with Crippen molar-refractivity contribution in [1.29, 1.82) is 0 Å². The second-order valence-corrected chi connectivity index (χ2v) is 6.64. The van der Waals surface area contributed by atoms with E-state index in [0.29, 0.717) is 13.2 Å². The van der Waals surface area contributed by atoms with E-state index in [1.165, 1.54) is 5.56 Å². The molecule has 2 fully saturated rings. The normalized spacial score (nSPS) is 27.7. The fourth-order valence-electron chi connectivity index (χ4n) is 2.38. The summed E-state index contributed by atoms with van der Waals surface area (Å²) in [7, 11) is 0. The second-order valence-electron chi connectivity index (χ2n) is 6.64. The van der Waals surface area contributed by atoms with Gasteiger partial charge in [-0.1, -0.05) is 42.5 Å². The van der Waals surface area contributed by atoms with Gasteiger partial charge in [-0.25, -0.2) is 0 Å². The first-order chi connectivity index (χ1) is 11.3. The van der Waals surface area contributed by atoms with Gasteiger partial charge >= 0.3 is 0 Å². The average molecular weight is 334 g/mol. The van der Waals surface area contributed by atoms with Gasteiger partial charge in [-0.2, -0.15) is 0 Å². The van der Waals surface area contributed by atoms with E-state index in [4.69, 9.17) is 18.9 Å². The van der Waals surface area contributed by atoms with Crippen molar-refractivity contribution in [3.8, 4) is 0 Å². The molecular formula is C19H26O5. The Kier molecular flexibility index (Phi) is 6.29. The van der Waals surface area contributed by atoms with Crippen LogP contribution in [0.5, 0.6) is 0 Å². The van der Waals surface area contributed by atoms with Gasteiger partial charge in [0.1, 0.15) is 12.2 Å². The van der Waals surface area contributed by atoms with Crippen molar-refractivity contribution >= 4 is 12.4 Å². The standard InChI is InChI=1S/C13H16O2.C6H10O3/c1-13(2)14-10-12(15-13)9-8-11-6-4-3-5-7-11;1-6(2)8-4-5(3-7)9-6/h3-9,12H,10H2,1-2H3;3,5H,4H2,1-2H3/t12-;5-/m00/s1. The van der Waals surface area contributed by atoms with Crippen LogP contribution in [0.15, 0.2) is 36.4 Å². The van der Waals surface area contributed by atoms with Gasteiger partial charge in [0.15, 0.2) is 17.9 Å². The lowest BCUT2D eigenvalue weighted by molar-refractivity contribution is -0.145. The Bertz CT molecular complexity index is 550. The fraction of sp³-hybridized carbons (Fsp3) is 0.526. The van der Waals surface area contributed by atoms with Gasteiger partial charge < -0.3 is 23.7 Å². The molecule has 5 nitrogen and oxygen atoms in total. The summed E-state index contributed by atoms with van der Waals surface area (Å²) in [6.45, 7) is 8.46. The maximum atomic E-state index is 10.1. The molecule has 0 aromatic heterocycles. The Morgan fingerprint density at radius 2 is 1.46 bits per heavy atom. The zero-order valence-electron chi connectivity index (χ0n) is 14.7. The molecule has 2 heterocycles. The molecule has 1 aromatic carbocycles. The molecule has 0 spiro atoms. The van der Waals surface area contributed by atoms with Gasteiger partial charge in [0.05, 0.1) is 13.2 Å². The Balaban J connectivity index is 0.000000198. The van der Waals surface area contributed by atoms with E-state index in [1.54, 1.807) is 13.8 Å².